The van der Waals surface area contributed by atoms with E-state index in [1.165, 1.54) is 12.4 Å². The predicted molar refractivity (Wildman–Crippen MR) is 118 cm³/mol. The number of hydrogen-bond donors (Lipinski definition) is 2. The zero-order valence-corrected chi connectivity index (χ0v) is 18.0. The summed E-state index contributed by atoms with van der Waals surface area (Å²) < 4.78 is 44.2. The number of benzene rings is 1. The van der Waals surface area contributed by atoms with Crippen LogP contribution in [0.4, 0.5) is 13.2 Å². The lowest BCUT2D eigenvalue weighted by Gasteiger charge is -2.10. The lowest BCUT2D eigenvalue weighted by Crippen LogP contribution is -2.27. The average molecular weight is 479 g/mol. The number of H-pyrrole nitrogens is 1. The Balaban J connectivity index is 1.32. The molecule has 35 heavy (non-hydrogen) atoms. The van der Waals surface area contributed by atoms with E-state index >= 15 is 0 Å². The molecule has 0 bridgehead atoms. The molecule has 5 rings (SSSR count). The van der Waals surface area contributed by atoms with Gasteiger partial charge < -0.3 is 14.8 Å². The highest BCUT2D eigenvalue weighted by Gasteiger charge is 2.31. The fraction of sp³-hybridized carbons (Fsp3) is 0.130. The second-order valence-electron chi connectivity index (χ2n) is 7.65. The number of alkyl halides is 3. The lowest BCUT2D eigenvalue weighted by atomic mass is 10.1. The summed E-state index contributed by atoms with van der Waals surface area (Å²) in [5.41, 5.74) is 1.52. The Kier molecular flexibility index (Phi) is 5.47. The number of aromatic amines is 1. The summed E-state index contributed by atoms with van der Waals surface area (Å²) in [5, 5.41) is 6.71. The normalized spacial score (nSPS) is 12.6. The van der Waals surface area contributed by atoms with Crippen LogP contribution in [-0.2, 0) is 6.18 Å². The van der Waals surface area contributed by atoms with Crippen LogP contribution in [-0.4, -0.2) is 36.0 Å². The third kappa shape index (κ3) is 4.58. The Bertz CT molecular complexity index is 1510. The molecule has 0 fully saturated rings. The van der Waals surface area contributed by atoms with Crippen LogP contribution in [0, 0.1) is 0 Å². The molecule has 0 saturated heterocycles. The van der Waals surface area contributed by atoms with E-state index in [0.29, 0.717) is 17.0 Å². The molecular weight excluding hydrogens is 463 g/mol. The number of nitrogens with one attached hydrogen (secondary N) is 2. The van der Waals surface area contributed by atoms with Gasteiger partial charge in [-0.3, -0.25) is 9.78 Å². The maximum atomic E-state index is 13.0. The van der Waals surface area contributed by atoms with E-state index in [-0.39, 0.29) is 22.7 Å². The van der Waals surface area contributed by atoms with Crippen LogP contribution in [0.15, 0.2) is 65.7 Å². The lowest BCUT2D eigenvalue weighted by molar-refractivity contribution is -0.137. The highest BCUT2D eigenvalue weighted by Crippen LogP contribution is 2.32. The fourth-order valence-corrected chi connectivity index (χ4v) is 3.41. The van der Waals surface area contributed by atoms with E-state index in [0.717, 1.165) is 17.7 Å². The van der Waals surface area contributed by atoms with E-state index in [1.807, 2.05) is 6.07 Å². The van der Waals surface area contributed by atoms with Gasteiger partial charge in [0, 0.05) is 24.0 Å². The molecule has 4 heterocycles. The molecule has 1 amide bonds. The van der Waals surface area contributed by atoms with Crippen LogP contribution in [0.5, 0.6) is 0 Å². The number of hydrogen-bond acceptors (Lipinski definition) is 7. The summed E-state index contributed by atoms with van der Waals surface area (Å²) in [6.45, 7) is 1.69. The number of aromatic nitrogens is 6. The number of pyridine rings is 1. The highest BCUT2D eigenvalue weighted by molar-refractivity contribution is 5.93. The standard InChI is InChI=1S/C23H16F3N7O2/c1-12(30-22(34)19-8-16(28-11-29-19)13-3-2-6-27-10-13)20-9-18(33-35-20)21-31-15-5-4-14(23(24,25)26)7-17(15)32-21/h2-12H,1H3,(H,30,34)(H,31,32)/t12-/m0/s1. The van der Waals surface area contributed by atoms with Crippen LogP contribution in [0.1, 0.15) is 34.8 Å². The maximum absolute atomic E-state index is 13.0. The molecule has 176 valence electrons. The number of rotatable bonds is 5. The molecule has 4 aromatic heterocycles. The Morgan fingerprint density at radius 1 is 1.11 bits per heavy atom. The first-order chi connectivity index (χ1) is 16.8. The van der Waals surface area contributed by atoms with Crippen molar-refractivity contribution in [1.82, 2.24) is 35.4 Å². The Morgan fingerprint density at radius 3 is 2.74 bits per heavy atom. The first-order valence-corrected chi connectivity index (χ1v) is 10.4. The number of fused-ring (bicyclic) bond motifs is 1. The Hall–Kier alpha value is -4.61. The zero-order valence-electron chi connectivity index (χ0n) is 18.0. The molecule has 0 radical (unpaired) electrons. The SMILES string of the molecule is C[C@H](NC(=O)c1cc(-c2cccnc2)ncn1)c1cc(-c2nc3ccc(C(F)(F)F)cc3[nH]2)no1. The minimum Gasteiger partial charge on any atom is -0.358 e. The van der Waals surface area contributed by atoms with Gasteiger partial charge in [-0.25, -0.2) is 15.0 Å². The van der Waals surface area contributed by atoms with Crippen LogP contribution >= 0.6 is 0 Å². The van der Waals surface area contributed by atoms with Crippen LogP contribution in [0.2, 0.25) is 0 Å². The van der Waals surface area contributed by atoms with Gasteiger partial charge in [-0.15, -0.1) is 0 Å². The minimum absolute atomic E-state index is 0.156. The van der Waals surface area contributed by atoms with Gasteiger partial charge in [-0.1, -0.05) is 5.16 Å². The van der Waals surface area contributed by atoms with Gasteiger partial charge in [0.05, 0.1) is 28.3 Å². The molecule has 0 aliphatic rings. The molecule has 0 aliphatic heterocycles. The minimum atomic E-state index is -4.46. The van der Waals surface area contributed by atoms with E-state index in [9.17, 15) is 18.0 Å². The molecule has 9 nitrogen and oxygen atoms in total. The van der Waals surface area contributed by atoms with Crippen molar-refractivity contribution in [2.24, 2.45) is 0 Å². The van der Waals surface area contributed by atoms with E-state index in [4.69, 9.17) is 4.52 Å². The molecular formula is C23H16F3N7O2. The third-order valence-electron chi connectivity index (χ3n) is 5.21. The van der Waals surface area contributed by atoms with Gasteiger partial charge in [-0.2, -0.15) is 13.2 Å². The van der Waals surface area contributed by atoms with Gasteiger partial charge in [0.25, 0.3) is 5.91 Å². The molecule has 12 heteroatoms. The summed E-state index contributed by atoms with van der Waals surface area (Å²) in [5.74, 6) is 0.113. The number of nitrogens with zero attached hydrogens (tertiary/aromatic N) is 5. The molecule has 0 saturated carbocycles. The largest absolute Gasteiger partial charge is 0.416 e. The van der Waals surface area contributed by atoms with Crippen molar-refractivity contribution in [2.45, 2.75) is 19.1 Å². The van der Waals surface area contributed by atoms with Crippen molar-refractivity contribution < 1.29 is 22.5 Å². The Labute approximate surface area is 195 Å². The van der Waals surface area contributed by atoms with Crippen molar-refractivity contribution in [3.05, 3.63) is 78.2 Å². The molecule has 2 N–H and O–H groups in total. The second-order valence-corrected chi connectivity index (χ2v) is 7.65. The van der Waals surface area contributed by atoms with Crippen molar-refractivity contribution in [3.63, 3.8) is 0 Å². The van der Waals surface area contributed by atoms with E-state index < -0.39 is 23.7 Å². The number of halogens is 3. The molecule has 0 unspecified atom stereocenters. The van der Waals surface area contributed by atoms with Gasteiger partial charge >= 0.3 is 6.18 Å². The molecule has 5 aromatic rings. The summed E-state index contributed by atoms with van der Waals surface area (Å²) >= 11 is 0. The first-order valence-electron chi connectivity index (χ1n) is 10.4. The molecule has 1 atom stereocenters. The number of imidazole rings is 1. The van der Waals surface area contributed by atoms with Crippen molar-refractivity contribution in [2.75, 3.05) is 0 Å². The van der Waals surface area contributed by atoms with Crippen LogP contribution in [0.25, 0.3) is 33.8 Å². The molecule has 1 aromatic carbocycles. The number of amides is 1. The number of carbonyl (C=O) groups is 1. The smallest absolute Gasteiger partial charge is 0.358 e. The van der Waals surface area contributed by atoms with Crippen molar-refractivity contribution >= 4 is 16.9 Å². The van der Waals surface area contributed by atoms with Gasteiger partial charge in [0.15, 0.2) is 11.6 Å². The third-order valence-corrected chi connectivity index (χ3v) is 5.21. The monoisotopic (exact) mass is 479 g/mol. The fourth-order valence-electron chi connectivity index (χ4n) is 3.41. The summed E-state index contributed by atoms with van der Waals surface area (Å²) in [7, 11) is 0. The molecule has 0 aliphatic carbocycles. The van der Waals surface area contributed by atoms with Gasteiger partial charge in [0.2, 0.25) is 0 Å². The molecule has 0 spiro atoms. The van der Waals surface area contributed by atoms with Gasteiger partial charge in [0.1, 0.15) is 17.7 Å². The zero-order chi connectivity index (χ0) is 24.6. The van der Waals surface area contributed by atoms with E-state index in [1.54, 1.807) is 37.5 Å². The predicted octanol–water partition coefficient (Wildman–Crippen LogP) is 4.58. The topological polar surface area (TPSA) is 122 Å². The number of carbonyl (C=O) groups excluding carboxylic acids is 1. The maximum Gasteiger partial charge on any atom is 0.416 e. The van der Waals surface area contributed by atoms with Crippen LogP contribution in [0.3, 0.4) is 0 Å². The average Bonchev–Trinajstić information content (AvgIpc) is 3.51. The van der Waals surface area contributed by atoms with Crippen molar-refractivity contribution in [3.8, 4) is 22.8 Å². The second kappa shape index (κ2) is 8.63. The first kappa shape index (κ1) is 22.2. The van der Waals surface area contributed by atoms with Crippen LogP contribution < -0.4 is 5.32 Å². The van der Waals surface area contributed by atoms with E-state index in [2.05, 4.69) is 35.4 Å². The van der Waals surface area contributed by atoms with Crippen molar-refractivity contribution in [1.29, 1.82) is 0 Å². The summed E-state index contributed by atoms with van der Waals surface area (Å²) in [4.78, 5) is 32.1. The van der Waals surface area contributed by atoms with Gasteiger partial charge in [-0.05, 0) is 43.3 Å². The summed E-state index contributed by atoms with van der Waals surface area (Å²) in [6, 6.07) is 9.33. The quantitative estimate of drug-likeness (QED) is 0.378. The highest BCUT2D eigenvalue weighted by atomic mass is 19.4. The Morgan fingerprint density at radius 2 is 1.97 bits per heavy atom. The summed E-state index contributed by atoms with van der Waals surface area (Å²) in [6.07, 6.45) is 0.0955.